The monoisotopic (exact) mass is 293 g/mol. The van der Waals surface area contributed by atoms with E-state index in [1.807, 2.05) is 6.92 Å². The lowest BCUT2D eigenvalue weighted by molar-refractivity contribution is 0.0380. The maximum absolute atomic E-state index is 11.8. The van der Waals surface area contributed by atoms with Crippen LogP contribution in [0.5, 0.6) is 0 Å². The second kappa shape index (κ2) is 6.78. The number of anilines is 2. The molecule has 1 amide bonds. The van der Waals surface area contributed by atoms with Crippen LogP contribution in [0.4, 0.5) is 11.4 Å². The van der Waals surface area contributed by atoms with Gasteiger partial charge in [0.1, 0.15) is 0 Å². The van der Waals surface area contributed by atoms with E-state index in [4.69, 9.17) is 10.5 Å². The molecule has 21 heavy (non-hydrogen) atoms. The van der Waals surface area contributed by atoms with Gasteiger partial charge in [-0.3, -0.25) is 4.79 Å². The number of aliphatic hydroxyl groups excluding tert-OH is 1. The summed E-state index contributed by atoms with van der Waals surface area (Å²) in [6, 6.07) is 5.17. The van der Waals surface area contributed by atoms with Gasteiger partial charge in [-0.25, -0.2) is 0 Å². The summed E-state index contributed by atoms with van der Waals surface area (Å²) in [4.78, 5) is 11.8. The zero-order chi connectivity index (χ0) is 15.3. The summed E-state index contributed by atoms with van der Waals surface area (Å²) in [6.45, 7) is 3.70. The van der Waals surface area contributed by atoms with Crippen LogP contribution in [0.3, 0.4) is 0 Å². The third kappa shape index (κ3) is 3.65. The van der Waals surface area contributed by atoms with Gasteiger partial charge < -0.3 is 26.2 Å². The fourth-order valence-electron chi connectivity index (χ4n) is 2.45. The molecule has 1 aliphatic rings. The number of nitrogens with one attached hydrogen (secondary N) is 2. The van der Waals surface area contributed by atoms with Gasteiger partial charge in [0.15, 0.2) is 0 Å². The number of benzene rings is 1. The van der Waals surface area contributed by atoms with E-state index in [9.17, 15) is 9.90 Å². The van der Waals surface area contributed by atoms with Crippen molar-refractivity contribution < 1.29 is 14.6 Å². The lowest BCUT2D eigenvalue weighted by Crippen LogP contribution is -2.47. The van der Waals surface area contributed by atoms with Crippen molar-refractivity contribution in [3.05, 3.63) is 23.8 Å². The van der Waals surface area contributed by atoms with Gasteiger partial charge in [-0.2, -0.15) is 0 Å². The molecule has 0 spiro atoms. The molecule has 0 aromatic heterocycles. The van der Waals surface area contributed by atoms with Gasteiger partial charge >= 0.3 is 0 Å². The smallest absolute Gasteiger partial charge is 0.251 e. The minimum atomic E-state index is -0.403. The number of rotatable bonds is 5. The van der Waals surface area contributed by atoms with Crippen molar-refractivity contribution in [3.63, 3.8) is 0 Å². The lowest BCUT2D eigenvalue weighted by Gasteiger charge is -2.37. The predicted molar refractivity (Wildman–Crippen MR) is 82.4 cm³/mol. The largest absolute Gasteiger partial charge is 0.397 e. The van der Waals surface area contributed by atoms with Gasteiger partial charge in [0, 0.05) is 25.3 Å². The van der Waals surface area contributed by atoms with E-state index in [0.717, 1.165) is 18.5 Å². The van der Waals surface area contributed by atoms with Crippen LogP contribution in [0.15, 0.2) is 18.2 Å². The molecule has 0 aliphatic carbocycles. The van der Waals surface area contributed by atoms with Gasteiger partial charge in [-0.05, 0) is 38.0 Å². The van der Waals surface area contributed by atoms with Gasteiger partial charge in [0.25, 0.3) is 5.91 Å². The molecule has 6 nitrogen and oxygen atoms in total. The average molecular weight is 293 g/mol. The number of amides is 1. The number of hydrogen-bond acceptors (Lipinski definition) is 5. The SMILES string of the molecule is CCNC(=O)c1ccc(NC2(CO)CCOCC2)c(N)c1. The maximum Gasteiger partial charge on any atom is 0.251 e. The number of hydrogen-bond donors (Lipinski definition) is 4. The normalized spacial score (nSPS) is 17.2. The van der Waals surface area contributed by atoms with Crippen LogP contribution in [0.2, 0.25) is 0 Å². The molecule has 1 heterocycles. The van der Waals surface area contributed by atoms with E-state index in [2.05, 4.69) is 10.6 Å². The Morgan fingerprint density at radius 3 is 2.71 bits per heavy atom. The first-order chi connectivity index (χ1) is 10.1. The minimum absolute atomic E-state index is 0.0217. The maximum atomic E-state index is 11.8. The molecule has 2 rings (SSSR count). The Labute approximate surface area is 124 Å². The average Bonchev–Trinajstić information content (AvgIpc) is 2.50. The summed E-state index contributed by atoms with van der Waals surface area (Å²) in [6.07, 6.45) is 1.45. The quantitative estimate of drug-likeness (QED) is 0.607. The van der Waals surface area contributed by atoms with Crippen molar-refractivity contribution in [2.75, 3.05) is 37.4 Å². The second-order valence-corrected chi connectivity index (χ2v) is 5.34. The van der Waals surface area contributed by atoms with E-state index < -0.39 is 5.54 Å². The van der Waals surface area contributed by atoms with Gasteiger partial charge in [0.05, 0.1) is 23.5 Å². The number of nitrogens with two attached hydrogens (primary N) is 1. The van der Waals surface area contributed by atoms with Crippen molar-refractivity contribution in [2.45, 2.75) is 25.3 Å². The predicted octanol–water partition coefficient (Wildman–Crippen LogP) is 0.972. The third-order valence-electron chi connectivity index (χ3n) is 3.80. The molecule has 1 fully saturated rings. The van der Waals surface area contributed by atoms with Crippen molar-refractivity contribution >= 4 is 17.3 Å². The van der Waals surface area contributed by atoms with Crippen molar-refractivity contribution in [2.24, 2.45) is 0 Å². The van der Waals surface area contributed by atoms with Crippen molar-refractivity contribution in [1.82, 2.24) is 5.32 Å². The van der Waals surface area contributed by atoms with E-state index in [1.54, 1.807) is 18.2 Å². The Morgan fingerprint density at radius 1 is 1.43 bits per heavy atom. The van der Waals surface area contributed by atoms with Crippen LogP contribution in [-0.4, -0.2) is 42.9 Å². The molecule has 0 radical (unpaired) electrons. The van der Waals surface area contributed by atoms with Crippen molar-refractivity contribution in [3.8, 4) is 0 Å². The van der Waals surface area contributed by atoms with Gasteiger partial charge in [-0.1, -0.05) is 0 Å². The number of aliphatic hydroxyl groups is 1. The summed E-state index contributed by atoms with van der Waals surface area (Å²) >= 11 is 0. The first-order valence-electron chi connectivity index (χ1n) is 7.25. The first-order valence-corrected chi connectivity index (χ1v) is 7.25. The number of carbonyl (C=O) groups excluding carboxylic acids is 1. The molecular formula is C15H23N3O3. The minimum Gasteiger partial charge on any atom is -0.397 e. The molecule has 0 atom stereocenters. The Balaban J connectivity index is 2.15. The molecule has 1 aliphatic heterocycles. The van der Waals surface area contributed by atoms with Crippen molar-refractivity contribution in [1.29, 1.82) is 0 Å². The molecule has 5 N–H and O–H groups in total. The Hall–Kier alpha value is -1.79. The summed E-state index contributed by atoms with van der Waals surface area (Å²) in [5.74, 6) is -0.140. The van der Waals surface area contributed by atoms with E-state index in [-0.39, 0.29) is 12.5 Å². The van der Waals surface area contributed by atoms with Gasteiger partial charge in [-0.15, -0.1) is 0 Å². The lowest BCUT2D eigenvalue weighted by atomic mass is 9.90. The first kappa shape index (κ1) is 15.6. The van der Waals surface area contributed by atoms with E-state index >= 15 is 0 Å². The molecule has 6 heteroatoms. The zero-order valence-corrected chi connectivity index (χ0v) is 12.3. The summed E-state index contributed by atoms with van der Waals surface area (Å²) in [7, 11) is 0. The highest BCUT2D eigenvalue weighted by atomic mass is 16.5. The van der Waals surface area contributed by atoms with Crippen LogP contribution in [0, 0.1) is 0 Å². The Bertz CT molecular complexity index is 499. The van der Waals surface area contributed by atoms with Crippen LogP contribution in [0.25, 0.3) is 0 Å². The molecule has 116 valence electrons. The molecule has 0 unspecified atom stereocenters. The highest BCUT2D eigenvalue weighted by molar-refractivity contribution is 5.96. The number of carbonyl (C=O) groups is 1. The fourth-order valence-corrected chi connectivity index (χ4v) is 2.45. The molecule has 0 saturated carbocycles. The molecular weight excluding hydrogens is 270 g/mol. The van der Waals surface area contributed by atoms with Crippen LogP contribution in [0.1, 0.15) is 30.1 Å². The third-order valence-corrected chi connectivity index (χ3v) is 3.80. The highest BCUT2D eigenvalue weighted by Crippen LogP contribution is 2.29. The molecule has 0 bridgehead atoms. The fraction of sp³-hybridized carbons (Fsp3) is 0.533. The zero-order valence-electron chi connectivity index (χ0n) is 12.3. The highest BCUT2D eigenvalue weighted by Gasteiger charge is 2.32. The standard InChI is InChI=1S/C15H23N3O3/c1-2-17-14(20)11-3-4-13(12(16)9-11)18-15(10-19)5-7-21-8-6-15/h3-4,9,18-19H,2,5-8,10,16H2,1H3,(H,17,20). The van der Waals surface area contributed by atoms with Crippen LogP contribution >= 0.6 is 0 Å². The number of ether oxygens (including phenoxy) is 1. The number of nitrogen functional groups attached to an aromatic ring is 1. The summed E-state index contributed by atoms with van der Waals surface area (Å²) < 4.78 is 5.34. The summed E-state index contributed by atoms with van der Waals surface area (Å²) in [5, 5.41) is 15.7. The molecule has 1 aromatic rings. The second-order valence-electron chi connectivity index (χ2n) is 5.34. The Kier molecular flexibility index (Phi) is 5.03. The molecule has 1 aromatic carbocycles. The van der Waals surface area contributed by atoms with E-state index in [1.165, 1.54) is 0 Å². The molecule has 1 saturated heterocycles. The van der Waals surface area contributed by atoms with Crippen LogP contribution in [-0.2, 0) is 4.74 Å². The van der Waals surface area contributed by atoms with Gasteiger partial charge in [0.2, 0.25) is 0 Å². The topological polar surface area (TPSA) is 96.6 Å². The summed E-state index contributed by atoms with van der Waals surface area (Å²) in [5.41, 5.74) is 7.39. The van der Waals surface area contributed by atoms with E-state index in [0.29, 0.717) is 31.0 Å². The Morgan fingerprint density at radius 2 is 2.14 bits per heavy atom. The van der Waals surface area contributed by atoms with Crippen LogP contribution < -0.4 is 16.4 Å².